The van der Waals surface area contributed by atoms with Crippen molar-refractivity contribution in [3.63, 3.8) is 0 Å². The molecule has 0 aromatic rings. The molecule has 0 saturated heterocycles. The topological polar surface area (TPSA) is 72.8 Å². The smallest absolute Gasteiger partial charge is 0.306 e. The predicted octanol–water partition coefficient (Wildman–Crippen LogP) is 19.9. The summed E-state index contributed by atoms with van der Waals surface area (Å²) in [5, 5.41) is 9.65. The molecule has 0 saturated carbocycles. The first-order chi connectivity index (χ1) is 36.6. The Kier molecular flexibility index (Phi) is 57.2. The molecule has 0 fully saturated rings. The zero-order chi connectivity index (χ0) is 53.4. The maximum Gasteiger partial charge on any atom is 0.306 e. The standard InChI is InChI=1S/C69H102O5/c1-3-5-7-9-11-13-15-17-19-21-23-25-27-29-30-31-32-33-34-35-36-37-38-40-42-44-46-48-50-52-54-56-58-60-62-64-69(72)74-67(65-70)66-73-68(71)63-61-59-57-55-53-51-49-47-45-43-41-39-28-26-24-22-20-18-16-14-12-10-8-6-4-2/h5-8,11-14,17-20,23-26,29-30,32-33,35-36,38-41,44-47,50-53,67,70H,3-4,9-10,15-16,21-22,27-28,31,34,37,42-43,48-49,54-66H2,1-2H3/b7-5-,8-6-,13-11-,14-12-,19-17-,20-18-,25-23-,26-24-,30-29-,33-32-,36-35-,40-38-,41-39-,46-44-,47-45-,52-50-,53-51-. The van der Waals surface area contributed by atoms with Crippen LogP contribution in [-0.4, -0.2) is 36.4 Å². The number of unbranched alkanes of at least 4 members (excludes halogenated alkanes) is 7. The minimum absolute atomic E-state index is 0.110. The Bertz CT molecular complexity index is 1810. The number of carbonyl (C=O) groups is 2. The van der Waals surface area contributed by atoms with Gasteiger partial charge in [0, 0.05) is 12.8 Å². The van der Waals surface area contributed by atoms with Crippen LogP contribution in [0, 0.1) is 0 Å². The highest BCUT2D eigenvalue weighted by Gasteiger charge is 2.16. The zero-order valence-corrected chi connectivity index (χ0v) is 46.5. The Morgan fingerprint density at radius 2 is 0.541 bits per heavy atom. The summed E-state index contributed by atoms with van der Waals surface area (Å²) >= 11 is 0. The Hall–Kier alpha value is -5.52. The molecule has 408 valence electrons. The van der Waals surface area contributed by atoms with E-state index in [1.165, 1.54) is 0 Å². The molecule has 0 amide bonds. The molecule has 0 heterocycles. The lowest BCUT2D eigenvalue weighted by atomic mass is 10.1. The molecular weight excluding hydrogens is 909 g/mol. The first-order valence-electron chi connectivity index (χ1n) is 28.6. The first kappa shape index (κ1) is 68.5. The molecule has 0 spiro atoms. The van der Waals surface area contributed by atoms with E-state index >= 15 is 0 Å². The van der Waals surface area contributed by atoms with Crippen LogP contribution in [0.5, 0.6) is 0 Å². The summed E-state index contributed by atoms with van der Waals surface area (Å²) in [6.45, 7) is 3.84. The van der Waals surface area contributed by atoms with Gasteiger partial charge in [-0.2, -0.15) is 0 Å². The van der Waals surface area contributed by atoms with Crippen molar-refractivity contribution >= 4 is 11.9 Å². The Morgan fingerprint density at radius 1 is 0.311 bits per heavy atom. The molecule has 1 N–H and O–H groups in total. The third-order valence-electron chi connectivity index (χ3n) is 11.1. The van der Waals surface area contributed by atoms with Crippen LogP contribution < -0.4 is 0 Å². The highest BCUT2D eigenvalue weighted by Crippen LogP contribution is 2.10. The van der Waals surface area contributed by atoms with E-state index in [9.17, 15) is 14.7 Å². The second kappa shape index (κ2) is 61.8. The van der Waals surface area contributed by atoms with E-state index < -0.39 is 6.10 Å². The quantitative estimate of drug-likeness (QED) is 0.0373. The number of allylic oxidation sites excluding steroid dienone is 34. The molecule has 0 rings (SSSR count). The normalized spacial score (nSPS) is 13.8. The van der Waals surface area contributed by atoms with Crippen molar-refractivity contribution in [1.82, 2.24) is 0 Å². The minimum atomic E-state index is -0.819. The number of carbonyl (C=O) groups excluding carboxylic acids is 2. The maximum absolute atomic E-state index is 12.3. The molecular formula is C69H102O5. The molecule has 5 heteroatoms. The summed E-state index contributed by atoms with van der Waals surface area (Å²) in [5.74, 6) is -0.679. The second-order valence-corrected chi connectivity index (χ2v) is 17.9. The third-order valence-corrected chi connectivity index (χ3v) is 11.1. The fourth-order valence-corrected chi connectivity index (χ4v) is 6.85. The molecule has 1 atom stereocenters. The van der Waals surface area contributed by atoms with Crippen LogP contribution >= 0.6 is 0 Å². The van der Waals surface area contributed by atoms with E-state index in [2.05, 4.69) is 220 Å². The molecule has 74 heavy (non-hydrogen) atoms. The molecule has 0 radical (unpaired) electrons. The number of hydrogen-bond donors (Lipinski definition) is 1. The van der Waals surface area contributed by atoms with Gasteiger partial charge in [-0.1, -0.05) is 240 Å². The van der Waals surface area contributed by atoms with Crippen molar-refractivity contribution in [3.8, 4) is 0 Å². The van der Waals surface area contributed by atoms with Crippen LogP contribution in [-0.2, 0) is 19.1 Å². The van der Waals surface area contributed by atoms with E-state index in [1.807, 2.05) is 0 Å². The monoisotopic (exact) mass is 1010 g/mol. The van der Waals surface area contributed by atoms with Crippen molar-refractivity contribution in [2.45, 2.75) is 200 Å². The lowest BCUT2D eigenvalue weighted by molar-refractivity contribution is -0.161. The molecule has 0 aromatic heterocycles. The summed E-state index contributed by atoms with van der Waals surface area (Å²) in [6.07, 6.45) is 101. The van der Waals surface area contributed by atoms with Gasteiger partial charge < -0.3 is 14.6 Å². The summed E-state index contributed by atoms with van der Waals surface area (Å²) in [6, 6.07) is 0. The lowest BCUT2D eigenvalue weighted by Gasteiger charge is -2.15. The van der Waals surface area contributed by atoms with Gasteiger partial charge in [0.1, 0.15) is 6.61 Å². The van der Waals surface area contributed by atoms with Crippen LogP contribution in [0.15, 0.2) is 207 Å². The van der Waals surface area contributed by atoms with Crippen LogP contribution in [0.1, 0.15) is 194 Å². The van der Waals surface area contributed by atoms with Gasteiger partial charge in [0.05, 0.1) is 6.61 Å². The lowest BCUT2D eigenvalue weighted by Crippen LogP contribution is -2.28. The molecule has 0 bridgehead atoms. The third kappa shape index (κ3) is 59.0. The maximum atomic E-state index is 12.3. The number of esters is 2. The van der Waals surface area contributed by atoms with Gasteiger partial charge in [0.25, 0.3) is 0 Å². The summed E-state index contributed by atoms with van der Waals surface area (Å²) in [5.41, 5.74) is 0. The van der Waals surface area contributed by atoms with E-state index in [0.717, 1.165) is 167 Å². The van der Waals surface area contributed by atoms with Crippen molar-refractivity contribution < 1.29 is 24.2 Å². The van der Waals surface area contributed by atoms with Gasteiger partial charge in [0.15, 0.2) is 6.10 Å². The second-order valence-electron chi connectivity index (χ2n) is 17.9. The highest BCUT2D eigenvalue weighted by atomic mass is 16.6. The average molecular weight is 1010 g/mol. The van der Waals surface area contributed by atoms with Crippen molar-refractivity contribution in [2.24, 2.45) is 0 Å². The van der Waals surface area contributed by atoms with E-state index in [1.54, 1.807) is 0 Å². The van der Waals surface area contributed by atoms with E-state index in [4.69, 9.17) is 9.47 Å². The van der Waals surface area contributed by atoms with Crippen LogP contribution in [0.3, 0.4) is 0 Å². The molecule has 0 aromatic carbocycles. The number of aliphatic hydroxyl groups is 1. The molecule has 0 aliphatic heterocycles. The van der Waals surface area contributed by atoms with Crippen LogP contribution in [0.25, 0.3) is 0 Å². The van der Waals surface area contributed by atoms with Crippen molar-refractivity contribution in [3.05, 3.63) is 207 Å². The first-order valence-corrected chi connectivity index (χ1v) is 28.6. The van der Waals surface area contributed by atoms with Crippen LogP contribution in [0.2, 0.25) is 0 Å². The summed E-state index contributed by atoms with van der Waals surface area (Å²) < 4.78 is 10.7. The van der Waals surface area contributed by atoms with Crippen LogP contribution in [0.4, 0.5) is 0 Å². The number of aliphatic hydroxyl groups excluding tert-OH is 1. The number of hydrogen-bond acceptors (Lipinski definition) is 5. The molecule has 1 unspecified atom stereocenters. The Labute approximate surface area is 453 Å². The van der Waals surface area contributed by atoms with Gasteiger partial charge in [-0.25, -0.2) is 0 Å². The van der Waals surface area contributed by atoms with Gasteiger partial charge in [-0.05, 0) is 148 Å². The Balaban J connectivity index is 3.74. The van der Waals surface area contributed by atoms with Gasteiger partial charge in [0.2, 0.25) is 0 Å². The van der Waals surface area contributed by atoms with Gasteiger partial charge in [-0.15, -0.1) is 0 Å². The predicted molar refractivity (Wildman–Crippen MR) is 324 cm³/mol. The highest BCUT2D eigenvalue weighted by molar-refractivity contribution is 5.70. The van der Waals surface area contributed by atoms with E-state index in [-0.39, 0.29) is 25.2 Å². The van der Waals surface area contributed by atoms with Gasteiger partial charge in [-0.3, -0.25) is 9.59 Å². The molecule has 0 aliphatic carbocycles. The number of rotatable bonds is 49. The number of ether oxygens (including phenoxy) is 2. The molecule has 0 aliphatic rings. The van der Waals surface area contributed by atoms with Crippen molar-refractivity contribution in [2.75, 3.05) is 13.2 Å². The zero-order valence-electron chi connectivity index (χ0n) is 46.5. The Morgan fingerprint density at radius 3 is 0.811 bits per heavy atom. The fourth-order valence-electron chi connectivity index (χ4n) is 6.85. The van der Waals surface area contributed by atoms with Gasteiger partial charge >= 0.3 is 11.9 Å². The fraction of sp³-hybridized carbons (Fsp3) is 0.478. The summed E-state index contributed by atoms with van der Waals surface area (Å²) in [7, 11) is 0. The largest absolute Gasteiger partial charge is 0.462 e. The van der Waals surface area contributed by atoms with Crippen molar-refractivity contribution in [1.29, 1.82) is 0 Å². The van der Waals surface area contributed by atoms with E-state index in [0.29, 0.717) is 12.8 Å². The minimum Gasteiger partial charge on any atom is -0.462 e. The summed E-state index contributed by atoms with van der Waals surface area (Å²) in [4.78, 5) is 24.5. The SMILES string of the molecule is CC/C=C\C/C=C\C/C=C\C/C=C\C/C=C\C/C=C\C/C=C\C/C=C\C/C=C\C/C=C\CCCCCCC(=O)OC(CO)COC(=O)CCCCC/C=C\C/C=C\C/C=C\C/C=C\C/C=C\C/C=C\C/C=C\CC. The molecule has 5 nitrogen and oxygen atoms in total. The average Bonchev–Trinajstić information content (AvgIpc) is 3.40.